The first-order valence-electron chi connectivity index (χ1n) is 8.28. The fraction of sp³-hybridized carbons (Fsp3) is 0.588. The second-order valence-electron chi connectivity index (χ2n) is 6.42. The molecule has 6 nitrogen and oxygen atoms in total. The van der Waals surface area contributed by atoms with E-state index in [9.17, 15) is 9.90 Å². The first-order valence-corrected chi connectivity index (χ1v) is 8.28. The molecule has 3 N–H and O–H groups in total. The highest BCUT2D eigenvalue weighted by atomic mass is 16.5. The Morgan fingerprint density at radius 3 is 2.70 bits per heavy atom. The minimum atomic E-state index is -0.753. The Morgan fingerprint density at radius 2 is 2.00 bits per heavy atom. The number of aliphatic hydroxyl groups excluding tert-OH is 1. The van der Waals surface area contributed by atoms with Gasteiger partial charge in [-0.2, -0.15) is 0 Å². The van der Waals surface area contributed by atoms with Crippen LogP contribution in [0.2, 0.25) is 0 Å². The summed E-state index contributed by atoms with van der Waals surface area (Å²) in [5.74, 6) is 0.830. The number of aliphatic hydroxyl groups is 1. The van der Waals surface area contributed by atoms with Gasteiger partial charge >= 0.3 is 6.03 Å². The van der Waals surface area contributed by atoms with Gasteiger partial charge in [-0.05, 0) is 51.4 Å². The lowest BCUT2D eigenvalue weighted by atomic mass is 9.87. The van der Waals surface area contributed by atoms with E-state index in [1.54, 1.807) is 0 Å². The summed E-state index contributed by atoms with van der Waals surface area (Å²) in [4.78, 5) is 13.7. The molecule has 2 aliphatic heterocycles. The quantitative estimate of drug-likeness (QED) is 0.714. The lowest BCUT2D eigenvalue weighted by Crippen LogP contribution is -2.56. The first-order chi connectivity index (χ1) is 11.1. The van der Waals surface area contributed by atoms with E-state index in [2.05, 4.69) is 10.6 Å². The Hall–Kier alpha value is -1.79. The topological polar surface area (TPSA) is 73.8 Å². The largest absolute Gasteiger partial charge is 0.494 e. The fourth-order valence-electron chi connectivity index (χ4n) is 3.30. The van der Waals surface area contributed by atoms with Gasteiger partial charge in [0.1, 0.15) is 5.75 Å². The van der Waals surface area contributed by atoms with Gasteiger partial charge in [-0.3, -0.25) is 4.90 Å². The zero-order valence-electron chi connectivity index (χ0n) is 13.5. The molecule has 2 aliphatic rings. The molecule has 1 aromatic rings. The molecule has 1 spiro atoms. The van der Waals surface area contributed by atoms with Crippen LogP contribution in [-0.4, -0.2) is 54.0 Å². The smallest absolute Gasteiger partial charge is 0.320 e. The number of rotatable bonds is 5. The molecule has 1 unspecified atom stereocenters. The van der Waals surface area contributed by atoms with E-state index < -0.39 is 11.8 Å². The average Bonchev–Trinajstić information content (AvgIpc) is 2.77. The number of benzene rings is 1. The number of hydrogen-bond acceptors (Lipinski definition) is 4. The van der Waals surface area contributed by atoms with Crippen molar-refractivity contribution in [1.82, 2.24) is 15.5 Å². The summed E-state index contributed by atoms with van der Waals surface area (Å²) >= 11 is 0. The van der Waals surface area contributed by atoms with Crippen LogP contribution in [0.25, 0.3) is 0 Å². The molecule has 2 heterocycles. The lowest BCUT2D eigenvalue weighted by Gasteiger charge is -2.36. The van der Waals surface area contributed by atoms with Crippen molar-refractivity contribution in [3.8, 4) is 5.75 Å². The maximum atomic E-state index is 12.2. The summed E-state index contributed by atoms with van der Waals surface area (Å²) < 4.78 is 5.68. The number of nitrogens with zero attached hydrogens (tertiary/aromatic N) is 1. The summed E-state index contributed by atoms with van der Waals surface area (Å²) in [5.41, 5.74) is 0.710. The number of carbonyl (C=O) groups is 1. The van der Waals surface area contributed by atoms with Gasteiger partial charge in [0.15, 0.2) is 6.23 Å². The third-order valence-corrected chi connectivity index (χ3v) is 4.74. The molecule has 2 amide bonds. The van der Waals surface area contributed by atoms with Gasteiger partial charge in [0.25, 0.3) is 0 Å². The zero-order chi connectivity index (χ0) is 16.3. The molecule has 0 bridgehead atoms. The highest BCUT2D eigenvalue weighted by Gasteiger charge is 2.50. The molecular weight excluding hydrogens is 294 g/mol. The average molecular weight is 319 g/mol. The maximum absolute atomic E-state index is 12.2. The van der Waals surface area contributed by atoms with E-state index in [0.717, 1.165) is 31.7 Å². The summed E-state index contributed by atoms with van der Waals surface area (Å²) in [6, 6.07) is 7.73. The lowest BCUT2D eigenvalue weighted by molar-refractivity contribution is -0.0114. The summed E-state index contributed by atoms with van der Waals surface area (Å²) in [6.45, 7) is 4.69. The predicted molar refractivity (Wildman–Crippen MR) is 87.4 cm³/mol. The molecule has 126 valence electrons. The van der Waals surface area contributed by atoms with Gasteiger partial charge in [-0.25, -0.2) is 4.79 Å². The molecule has 23 heavy (non-hydrogen) atoms. The molecule has 1 aromatic carbocycles. The van der Waals surface area contributed by atoms with Crippen molar-refractivity contribution in [2.75, 3.05) is 26.2 Å². The van der Waals surface area contributed by atoms with Crippen LogP contribution in [0.5, 0.6) is 5.75 Å². The van der Waals surface area contributed by atoms with E-state index in [1.807, 2.05) is 31.2 Å². The van der Waals surface area contributed by atoms with Gasteiger partial charge in [0, 0.05) is 6.54 Å². The van der Waals surface area contributed by atoms with Crippen LogP contribution >= 0.6 is 0 Å². The number of urea groups is 1. The number of amides is 2. The highest BCUT2D eigenvalue weighted by molar-refractivity contribution is 5.78. The van der Waals surface area contributed by atoms with Crippen LogP contribution in [0.1, 0.15) is 24.8 Å². The Morgan fingerprint density at radius 1 is 1.30 bits per heavy atom. The number of nitrogens with one attached hydrogen (secondary N) is 2. The van der Waals surface area contributed by atoms with Crippen molar-refractivity contribution in [3.05, 3.63) is 29.8 Å². The Kier molecular flexibility index (Phi) is 4.73. The molecule has 0 aliphatic carbocycles. The normalized spacial score (nSPS) is 23.1. The Bertz CT molecular complexity index is 541. The zero-order valence-corrected chi connectivity index (χ0v) is 13.5. The Balaban J connectivity index is 1.48. The Labute approximate surface area is 136 Å². The van der Waals surface area contributed by atoms with E-state index in [-0.39, 0.29) is 6.03 Å². The highest BCUT2D eigenvalue weighted by Crippen LogP contribution is 2.30. The standard InChI is InChI=1S/C17H25N3O3/c1-13-3-5-14(6-4-13)23-12-2-11-20-15(21)17(19-16(20)22)7-9-18-10-8-17/h3-6,15,18,21H,2,7-12H2,1H3,(H,19,22). The summed E-state index contributed by atoms with van der Waals surface area (Å²) in [7, 11) is 0. The minimum Gasteiger partial charge on any atom is -0.494 e. The van der Waals surface area contributed by atoms with Crippen LogP contribution in [0.4, 0.5) is 4.79 Å². The van der Waals surface area contributed by atoms with Crippen LogP contribution in [-0.2, 0) is 0 Å². The van der Waals surface area contributed by atoms with E-state index in [1.165, 1.54) is 10.5 Å². The van der Waals surface area contributed by atoms with Crippen molar-refractivity contribution in [2.24, 2.45) is 0 Å². The van der Waals surface area contributed by atoms with Gasteiger partial charge in [-0.15, -0.1) is 0 Å². The second-order valence-corrected chi connectivity index (χ2v) is 6.42. The van der Waals surface area contributed by atoms with Crippen molar-refractivity contribution in [3.63, 3.8) is 0 Å². The molecular formula is C17H25N3O3. The molecule has 3 rings (SSSR count). The molecule has 2 saturated heterocycles. The third-order valence-electron chi connectivity index (χ3n) is 4.74. The van der Waals surface area contributed by atoms with Crippen molar-refractivity contribution in [1.29, 1.82) is 0 Å². The molecule has 6 heteroatoms. The molecule has 0 saturated carbocycles. The van der Waals surface area contributed by atoms with Gasteiger partial charge < -0.3 is 20.5 Å². The first kappa shape index (κ1) is 16.1. The fourth-order valence-corrected chi connectivity index (χ4v) is 3.30. The molecule has 0 radical (unpaired) electrons. The van der Waals surface area contributed by atoms with E-state index in [0.29, 0.717) is 19.6 Å². The van der Waals surface area contributed by atoms with Gasteiger partial charge in [-0.1, -0.05) is 17.7 Å². The van der Waals surface area contributed by atoms with Crippen molar-refractivity contribution < 1.29 is 14.6 Å². The van der Waals surface area contributed by atoms with Crippen molar-refractivity contribution >= 4 is 6.03 Å². The predicted octanol–water partition coefficient (Wildman–Crippen LogP) is 1.23. The van der Waals surface area contributed by atoms with Crippen molar-refractivity contribution in [2.45, 2.75) is 38.0 Å². The van der Waals surface area contributed by atoms with Crippen LogP contribution in [0, 0.1) is 6.92 Å². The number of aryl methyl sites for hydroxylation is 1. The van der Waals surface area contributed by atoms with E-state index in [4.69, 9.17) is 4.74 Å². The summed E-state index contributed by atoms with van der Waals surface area (Å²) in [5, 5.41) is 16.8. The minimum absolute atomic E-state index is 0.172. The van der Waals surface area contributed by atoms with Crippen LogP contribution in [0.3, 0.4) is 0 Å². The van der Waals surface area contributed by atoms with Gasteiger partial charge in [0.2, 0.25) is 0 Å². The number of hydrogen-bond donors (Lipinski definition) is 3. The monoisotopic (exact) mass is 319 g/mol. The number of piperidine rings is 1. The van der Waals surface area contributed by atoms with Crippen LogP contribution < -0.4 is 15.4 Å². The molecule has 1 atom stereocenters. The van der Waals surface area contributed by atoms with Crippen LogP contribution in [0.15, 0.2) is 24.3 Å². The third kappa shape index (κ3) is 3.43. The SMILES string of the molecule is Cc1ccc(OCCCN2C(=O)NC3(CCNCC3)C2O)cc1. The summed E-state index contributed by atoms with van der Waals surface area (Å²) in [6.07, 6.45) is 1.45. The molecule has 2 fully saturated rings. The van der Waals surface area contributed by atoms with E-state index >= 15 is 0 Å². The second kappa shape index (κ2) is 6.76. The molecule has 0 aromatic heterocycles. The number of carbonyl (C=O) groups excluding carboxylic acids is 1. The van der Waals surface area contributed by atoms with Gasteiger partial charge in [0.05, 0.1) is 12.1 Å². The maximum Gasteiger partial charge on any atom is 0.320 e. The number of ether oxygens (including phenoxy) is 1.